The van der Waals surface area contributed by atoms with Crippen molar-refractivity contribution in [3.8, 4) is 11.5 Å². The fourth-order valence-electron chi connectivity index (χ4n) is 3.88. The average molecular weight is 436 g/mol. The van der Waals surface area contributed by atoms with E-state index in [0.717, 1.165) is 18.4 Å². The number of primary amides is 1. The van der Waals surface area contributed by atoms with E-state index in [-0.39, 0.29) is 17.3 Å². The van der Waals surface area contributed by atoms with Gasteiger partial charge in [0.25, 0.3) is 0 Å². The Labute approximate surface area is 188 Å². The van der Waals surface area contributed by atoms with E-state index < -0.39 is 11.9 Å². The summed E-state index contributed by atoms with van der Waals surface area (Å²) in [5.74, 6) is -0.147. The van der Waals surface area contributed by atoms with Crippen LogP contribution < -0.4 is 15.2 Å². The zero-order valence-corrected chi connectivity index (χ0v) is 18.7. The summed E-state index contributed by atoms with van der Waals surface area (Å²) >= 11 is 0. The van der Waals surface area contributed by atoms with Crippen LogP contribution in [-0.4, -0.2) is 32.2 Å². The molecular weight excluding hydrogens is 406 g/mol. The summed E-state index contributed by atoms with van der Waals surface area (Å²) in [5.41, 5.74) is 7.84. The molecule has 0 aliphatic heterocycles. The van der Waals surface area contributed by atoms with Crippen LogP contribution in [0.2, 0.25) is 0 Å². The van der Waals surface area contributed by atoms with Crippen molar-refractivity contribution in [3.05, 3.63) is 70.8 Å². The molecule has 32 heavy (non-hydrogen) atoms. The van der Waals surface area contributed by atoms with Crippen molar-refractivity contribution in [1.82, 2.24) is 0 Å². The molecule has 168 valence electrons. The molecule has 1 saturated carbocycles. The minimum absolute atomic E-state index is 0.0748. The maximum Gasteiger partial charge on any atom is 0.338 e. The molecule has 0 saturated heterocycles. The topological polar surface area (TPSA) is 87.8 Å². The van der Waals surface area contributed by atoms with Crippen LogP contribution in [0.4, 0.5) is 0 Å². The third kappa shape index (κ3) is 5.38. The molecule has 0 unspecified atom stereocenters. The minimum atomic E-state index is -0.721. The highest BCUT2D eigenvalue weighted by Crippen LogP contribution is 2.35. The Hall–Kier alpha value is -3.54. The minimum Gasteiger partial charge on any atom is -0.493 e. The number of carbonyl (C=O) groups excluding carboxylic acids is 2. The average Bonchev–Trinajstić information content (AvgIpc) is 3.32. The van der Waals surface area contributed by atoms with Crippen molar-refractivity contribution < 1.29 is 23.8 Å². The molecular formula is C26H29NO5. The van der Waals surface area contributed by atoms with E-state index in [0.29, 0.717) is 22.6 Å². The molecule has 6 nitrogen and oxygen atoms in total. The maximum absolute atomic E-state index is 12.7. The SMILES string of the molecule is COC(=O)C(=C(/C)c1ccc(OC2CCCC2)c(OC)c1)/C(=C\c1ccccc1)C(N)=O. The van der Waals surface area contributed by atoms with E-state index in [1.807, 2.05) is 42.5 Å². The molecule has 1 aliphatic rings. The van der Waals surface area contributed by atoms with Crippen molar-refractivity contribution in [1.29, 1.82) is 0 Å². The zero-order valence-electron chi connectivity index (χ0n) is 18.7. The number of rotatable bonds is 8. The van der Waals surface area contributed by atoms with Crippen LogP contribution in [-0.2, 0) is 14.3 Å². The Morgan fingerprint density at radius 1 is 1.00 bits per heavy atom. The Kier molecular flexibility index (Phi) is 7.71. The van der Waals surface area contributed by atoms with Gasteiger partial charge in [0.1, 0.15) is 0 Å². The maximum atomic E-state index is 12.7. The number of hydrogen-bond acceptors (Lipinski definition) is 5. The van der Waals surface area contributed by atoms with Crippen molar-refractivity contribution in [2.45, 2.75) is 38.7 Å². The lowest BCUT2D eigenvalue weighted by atomic mass is 9.93. The molecule has 0 radical (unpaired) electrons. The van der Waals surface area contributed by atoms with Crippen molar-refractivity contribution in [2.75, 3.05) is 14.2 Å². The van der Waals surface area contributed by atoms with E-state index in [4.69, 9.17) is 19.9 Å². The van der Waals surface area contributed by atoms with Gasteiger partial charge in [-0.1, -0.05) is 36.4 Å². The highest BCUT2D eigenvalue weighted by molar-refractivity contribution is 6.15. The van der Waals surface area contributed by atoms with Gasteiger partial charge in [-0.05, 0) is 67.5 Å². The van der Waals surface area contributed by atoms with Crippen LogP contribution in [0.25, 0.3) is 11.6 Å². The van der Waals surface area contributed by atoms with Gasteiger partial charge < -0.3 is 19.9 Å². The van der Waals surface area contributed by atoms with Crippen LogP contribution in [0.1, 0.15) is 43.7 Å². The van der Waals surface area contributed by atoms with Gasteiger partial charge in [-0.2, -0.15) is 0 Å². The number of nitrogens with two attached hydrogens (primary N) is 1. The lowest BCUT2D eigenvalue weighted by Gasteiger charge is -2.18. The van der Waals surface area contributed by atoms with Crippen LogP contribution in [0.15, 0.2) is 59.7 Å². The Morgan fingerprint density at radius 3 is 2.28 bits per heavy atom. The third-order valence-electron chi connectivity index (χ3n) is 5.60. The second-order valence-corrected chi connectivity index (χ2v) is 7.71. The van der Waals surface area contributed by atoms with Gasteiger partial charge in [-0.15, -0.1) is 0 Å². The van der Waals surface area contributed by atoms with Gasteiger partial charge >= 0.3 is 5.97 Å². The Morgan fingerprint density at radius 2 is 1.69 bits per heavy atom. The van der Waals surface area contributed by atoms with E-state index in [2.05, 4.69) is 0 Å². The van der Waals surface area contributed by atoms with Crippen molar-refractivity contribution >= 4 is 23.5 Å². The first-order valence-electron chi connectivity index (χ1n) is 10.7. The molecule has 0 spiro atoms. The second-order valence-electron chi connectivity index (χ2n) is 7.71. The summed E-state index contributed by atoms with van der Waals surface area (Å²) in [7, 11) is 2.85. The van der Waals surface area contributed by atoms with Gasteiger partial charge in [0, 0.05) is 0 Å². The standard InChI is InChI=1S/C26H29NO5/c1-17(19-13-14-22(23(16-19)30-2)32-20-11-7-8-12-20)24(26(29)31-3)21(25(27)28)15-18-9-5-4-6-10-18/h4-6,9-10,13-16,20H,7-8,11-12H2,1-3H3,(H2,27,28)/b21-15+,24-17-. The molecule has 0 heterocycles. The summed E-state index contributed by atoms with van der Waals surface area (Å²) in [6.45, 7) is 1.75. The lowest BCUT2D eigenvalue weighted by Crippen LogP contribution is -2.21. The van der Waals surface area contributed by atoms with E-state index in [9.17, 15) is 9.59 Å². The fraction of sp³-hybridized carbons (Fsp3) is 0.308. The van der Waals surface area contributed by atoms with Gasteiger partial charge in [-0.25, -0.2) is 4.79 Å². The Bertz CT molecular complexity index is 1030. The van der Waals surface area contributed by atoms with Gasteiger partial charge in [0.2, 0.25) is 5.91 Å². The highest BCUT2D eigenvalue weighted by Gasteiger charge is 2.24. The number of ether oxygens (including phenoxy) is 3. The van der Waals surface area contributed by atoms with Crippen LogP contribution in [0.5, 0.6) is 11.5 Å². The molecule has 2 N–H and O–H groups in total. The van der Waals surface area contributed by atoms with Gasteiger partial charge in [-0.3, -0.25) is 4.79 Å². The lowest BCUT2D eigenvalue weighted by molar-refractivity contribution is -0.136. The highest BCUT2D eigenvalue weighted by atomic mass is 16.5. The van der Waals surface area contributed by atoms with Crippen molar-refractivity contribution in [2.24, 2.45) is 5.73 Å². The number of carbonyl (C=O) groups is 2. The van der Waals surface area contributed by atoms with Gasteiger partial charge in [0.05, 0.1) is 31.5 Å². The normalized spacial score (nSPS) is 15.2. The summed E-state index contributed by atoms with van der Waals surface area (Å²) in [5, 5.41) is 0. The molecule has 2 aromatic carbocycles. The summed E-state index contributed by atoms with van der Waals surface area (Å²) in [6.07, 6.45) is 6.17. The fourth-order valence-corrected chi connectivity index (χ4v) is 3.88. The van der Waals surface area contributed by atoms with Crippen LogP contribution in [0, 0.1) is 0 Å². The number of allylic oxidation sites excluding steroid dienone is 1. The molecule has 0 bridgehead atoms. The summed E-state index contributed by atoms with van der Waals surface area (Å²) in [6, 6.07) is 14.7. The predicted octanol–water partition coefficient (Wildman–Crippen LogP) is 4.53. The van der Waals surface area contributed by atoms with Gasteiger partial charge in [0.15, 0.2) is 11.5 Å². The van der Waals surface area contributed by atoms with Crippen molar-refractivity contribution in [3.63, 3.8) is 0 Å². The first kappa shape index (κ1) is 23.1. The molecule has 1 fully saturated rings. The summed E-state index contributed by atoms with van der Waals surface area (Å²) < 4.78 is 16.6. The number of amides is 1. The molecule has 3 rings (SSSR count). The monoisotopic (exact) mass is 435 g/mol. The predicted molar refractivity (Wildman–Crippen MR) is 124 cm³/mol. The zero-order chi connectivity index (χ0) is 23.1. The Balaban J connectivity index is 2.07. The summed E-state index contributed by atoms with van der Waals surface area (Å²) in [4.78, 5) is 25.1. The molecule has 0 aromatic heterocycles. The molecule has 6 heteroatoms. The van der Waals surface area contributed by atoms with Crippen LogP contribution in [0.3, 0.4) is 0 Å². The quantitative estimate of drug-likeness (QED) is 0.374. The van der Waals surface area contributed by atoms with E-state index in [1.54, 1.807) is 26.2 Å². The molecule has 1 aliphatic carbocycles. The third-order valence-corrected chi connectivity index (χ3v) is 5.60. The number of hydrogen-bond donors (Lipinski definition) is 1. The van der Waals surface area contributed by atoms with Crippen LogP contribution >= 0.6 is 0 Å². The molecule has 0 atom stereocenters. The largest absolute Gasteiger partial charge is 0.493 e. The van der Waals surface area contributed by atoms with E-state index in [1.165, 1.54) is 20.0 Å². The van der Waals surface area contributed by atoms with E-state index >= 15 is 0 Å². The molecule has 1 amide bonds. The first-order chi connectivity index (χ1) is 15.4. The molecule has 2 aromatic rings. The first-order valence-corrected chi connectivity index (χ1v) is 10.7. The number of esters is 1. The smallest absolute Gasteiger partial charge is 0.338 e. The number of methoxy groups -OCH3 is 2. The second kappa shape index (κ2) is 10.7. The number of benzene rings is 2.